The number of rotatable bonds is 27. The zero-order valence-corrected chi connectivity index (χ0v) is 28.3. The highest BCUT2D eigenvalue weighted by Crippen LogP contribution is 2.36. The van der Waals surface area contributed by atoms with Crippen molar-refractivity contribution in [2.75, 3.05) is 80.3 Å². The minimum absolute atomic E-state index is 0.457. The van der Waals surface area contributed by atoms with Crippen molar-refractivity contribution in [1.82, 2.24) is 0 Å². The molecule has 0 unspecified atom stereocenters. The number of ether oxygens (including phenoxy) is 8. The second-order valence-corrected chi connectivity index (χ2v) is 10.7. The van der Waals surface area contributed by atoms with E-state index in [1.165, 1.54) is 0 Å². The van der Waals surface area contributed by atoms with Gasteiger partial charge in [0.05, 0.1) is 52.9 Å². The predicted molar refractivity (Wildman–Crippen MR) is 176 cm³/mol. The maximum absolute atomic E-state index is 6.27. The predicted octanol–water partition coefficient (Wildman–Crippen LogP) is 7.20. The third-order valence-electron chi connectivity index (χ3n) is 7.16. The summed E-state index contributed by atoms with van der Waals surface area (Å²) in [5.74, 6) is 1.76. The van der Waals surface area contributed by atoms with Crippen molar-refractivity contribution in [2.45, 2.75) is 79.4 Å². The number of unbranched alkanes of at least 4 members (excludes halogenated alkanes) is 2. The van der Waals surface area contributed by atoms with Crippen molar-refractivity contribution in [3.8, 4) is 22.6 Å². The van der Waals surface area contributed by atoms with E-state index in [9.17, 15) is 0 Å². The highest BCUT2D eigenvalue weighted by Gasteiger charge is 2.17. The Morgan fingerprint density at radius 3 is 1.11 bits per heavy atom. The average molecular weight is 619 g/mol. The minimum atomic E-state index is 0.457. The number of hydrogen-bond donors (Lipinski definition) is 0. The van der Waals surface area contributed by atoms with Gasteiger partial charge in [0.2, 0.25) is 0 Å². The topological polar surface area (TPSA) is 73.8 Å². The van der Waals surface area contributed by atoms with Crippen LogP contribution in [-0.2, 0) is 54.5 Å². The van der Waals surface area contributed by atoms with Crippen LogP contribution < -0.4 is 9.47 Å². The lowest BCUT2D eigenvalue weighted by Crippen LogP contribution is -2.13. The van der Waals surface area contributed by atoms with E-state index in [4.69, 9.17) is 37.9 Å². The van der Waals surface area contributed by atoms with Gasteiger partial charge in [-0.1, -0.05) is 40.5 Å². The fourth-order valence-electron chi connectivity index (χ4n) is 4.81. The van der Waals surface area contributed by atoms with Crippen LogP contribution in [0.25, 0.3) is 11.1 Å². The number of aryl methyl sites for hydroxylation is 2. The van der Waals surface area contributed by atoms with Crippen LogP contribution in [0.1, 0.15) is 75.6 Å². The monoisotopic (exact) mass is 618 g/mol. The molecule has 0 heterocycles. The molecule has 0 aliphatic rings. The third kappa shape index (κ3) is 13.8. The second-order valence-electron chi connectivity index (χ2n) is 10.7. The average Bonchev–Trinajstić information content (AvgIpc) is 3.04. The van der Waals surface area contributed by atoms with E-state index in [-0.39, 0.29) is 0 Å². The molecule has 0 fully saturated rings. The quantitative estimate of drug-likeness (QED) is 0.0974. The smallest absolute Gasteiger partial charge is 0.128 e. The van der Waals surface area contributed by atoms with Crippen molar-refractivity contribution < 1.29 is 37.9 Å². The molecule has 0 bridgehead atoms. The second kappa shape index (κ2) is 24.1. The van der Waals surface area contributed by atoms with E-state index in [0.29, 0.717) is 66.1 Å². The first-order chi connectivity index (χ1) is 21.6. The lowest BCUT2D eigenvalue weighted by atomic mass is 9.94. The van der Waals surface area contributed by atoms with Crippen LogP contribution in [0.3, 0.4) is 0 Å². The molecular weight excluding hydrogens is 560 g/mol. The van der Waals surface area contributed by atoms with Gasteiger partial charge in [0.1, 0.15) is 24.7 Å². The van der Waals surface area contributed by atoms with E-state index < -0.39 is 0 Å². The first kappa shape index (κ1) is 38.0. The van der Waals surface area contributed by atoms with Crippen LogP contribution in [0.2, 0.25) is 0 Å². The van der Waals surface area contributed by atoms with E-state index >= 15 is 0 Å². The van der Waals surface area contributed by atoms with Gasteiger partial charge in [0, 0.05) is 38.6 Å². The minimum Gasteiger partial charge on any atom is -0.491 e. The summed E-state index contributed by atoms with van der Waals surface area (Å²) in [6.45, 7) is 15.4. The summed E-state index contributed by atoms with van der Waals surface area (Å²) in [6.07, 6.45) is 6.11. The van der Waals surface area contributed by atoms with E-state index in [1.807, 2.05) is 0 Å². The Bertz CT molecular complexity index is 944. The Morgan fingerprint density at radius 1 is 0.432 bits per heavy atom. The molecule has 44 heavy (non-hydrogen) atoms. The molecule has 0 atom stereocenters. The van der Waals surface area contributed by atoms with Crippen LogP contribution >= 0.6 is 0 Å². The first-order valence-electron chi connectivity index (χ1n) is 16.5. The maximum atomic E-state index is 6.27. The first-order valence-corrected chi connectivity index (χ1v) is 16.5. The molecule has 2 aromatic rings. The van der Waals surface area contributed by atoms with Gasteiger partial charge in [-0.3, -0.25) is 0 Å². The van der Waals surface area contributed by atoms with Crippen molar-refractivity contribution >= 4 is 0 Å². The zero-order chi connectivity index (χ0) is 31.8. The van der Waals surface area contributed by atoms with Crippen molar-refractivity contribution in [2.24, 2.45) is 0 Å². The molecule has 8 nitrogen and oxygen atoms in total. The molecule has 0 amide bonds. The molecular formula is C36H58O8. The molecule has 0 N–H and O–H groups in total. The number of methoxy groups -OCH3 is 2. The molecule has 2 aromatic carbocycles. The molecule has 0 aromatic heterocycles. The molecule has 0 radical (unpaired) electrons. The normalized spacial score (nSPS) is 11.3. The van der Waals surface area contributed by atoms with Crippen LogP contribution in [-0.4, -0.2) is 80.3 Å². The maximum Gasteiger partial charge on any atom is 0.128 e. The molecule has 0 spiro atoms. The van der Waals surface area contributed by atoms with Crippen molar-refractivity contribution in [3.05, 3.63) is 46.5 Å². The van der Waals surface area contributed by atoms with Gasteiger partial charge in [-0.25, -0.2) is 0 Å². The van der Waals surface area contributed by atoms with Gasteiger partial charge in [-0.2, -0.15) is 0 Å². The summed E-state index contributed by atoms with van der Waals surface area (Å²) in [5, 5.41) is 0. The third-order valence-corrected chi connectivity index (χ3v) is 7.16. The van der Waals surface area contributed by atoms with E-state index in [0.717, 1.165) is 96.6 Å². The lowest BCUT2D eigenvalue weighted by Gasteiger charge is -2.20. The number of hydrogen-bond acceptors (Lipinski definition) is 8. The molecule has 0 aliphatic heterocycles. The Hall–Kier alpha value is -2.20. The lowest BCUT2D eigenvalue weighted by molar-refractivity contribution is 0.0351. The Balaban J connectivity index is 2.12. The van der Waals surface area contributed by atoms with E-state index in [2.05, 4.69) is 52.0 Å². The van der Waals surface area contributed by atoms with E-state index in [1.54, 1.807) is 14.2 Å². The van der Waals surface area contributed by atoms with Gasteiger partial charge >= 0.3 is 0 Å². The Labute approximate surface area is 266 Å². The van der Waals surface area contributed by atoms with Gasteiger partial charge < -0.3 is 37.9 Å². The molecule has 0 saturated heterocycles. The fraction of sp³-hybridized carbons (Fsp3) is 0.667. The highest BCUT2D eigenvalue weighted by atomic mass is 16.6. The molecule has 250 valence electrons. The zero-order valence-electron chi connectivity index (χ0n) is 28.3. The van der Waals surface area contributed by atoms with Crippen molar-refractivity contribution in [1.29, 1.82) is 0 Å². The standard InChI is InChI=1S/C36H58O8/c1-7-11-13-39-15-17-41-19-21-43-35-29(9-3)23-31(25-33(35)27-37-5)32-24-30(10-4)36(34(26-32)28-38-6)44-22-20-42-18-16-40-14-12-8-2/h23-26H,7-22,27-28H2,1-6H3. The number of benzene rings is 2. The van der Waals surface area contributed by atoms with Crippen LogP contribution in [0.5, 0.6) is 11.5 Å². The Morgan fingerprint density at radius 2 is 0.773 bits per heavy atom. The SMILES string of the molecule is CCCCOCCOCCOc1c(CC)cc(-c2cc(CC)c(OCCOCCOCCCC)c(COC)c2)cc1COC. The van der Waals surface area contributed by atoms with Gasteiger partial charge in [-0.05, 0) is 72.2 Å². The molecule has 0 aliphatic carbocycles. The molecule has 8 heteroatoms. The van der Waals surface area contributed by atoms with Crippen LogP contribution in [0.4, 0.5) is 0 Å². The highest BCUT2D eigenvalue weighted by molar-refractivity contribution is 5.71. The summed E-state index contributed by atoms with van der Waals surface area (Å²) in [7, 11) is 3.43. The largest absolute Gasteiger partial charge is 0.491 e. The molecule has 0 saturated carbocycles. The molecule has 2 rings (SSSR count). The van der Waals surface area contributed by atoms with Crippen LogP contribution in [0.15, 0.2) is 24.3 Å². The Kier molecular flexibility index (Phi) is 20.8. The fourth-order valence-corrected chi connectivity index (χ4v) is 4.81. The van der Waals surface area contributed by atoms with Gasteiger partial charge in [-0.15, -0.1) is 0 Å². The van der Waals surface area contributed by atoms with Gasteiger partial charge in [0.25, 0.3) is 0 Å². The summed E-state index contributed by atoms with van der Waals surface area (Å²) in [6, 6.07) is 8.78. The summed E-state index contributed by atoms with van der Waals surface area (Å²) >= 11 is 0. The summed E-state index contributed by atoms with van der Waals surface area (Å²) in [4.78, 5) is 0. The van der Waals surface area contributed by atoms with Gasteiger partial charge in [0.15, 0.2) is 0 Å². The summed E-state index contributed by atoms with van der Waals surface area (Å²) < 4.78 is 46.3. The van der Waals surface area contributed by atoms with Crippen molar-refractivity contribution in [3.63, 3.8) is 0 Å². The summed E-state index contributed by atoms with van der Waals surface area (Å²) in [5.41, 5.74) is 6.55. The van der Waals surface area contributed by atoms with Crippen LogP contribution in [0, 0.1) is 0 Å².